The molecular weight excluding hydrogens is 194 g/mol. The quantitative estimate of drug-likeness (QED) is 0.355. The van der Waals surface area contributed by atoms with Gasteiger partial charge in [-0.25, -0.2) is 9.53 Å². The van der Waals surface area contributed by atoms with Crippen molar-refractivity contribution in [3.63, 3.8) is 0 Å². The first-order valence-corrected chi connectivity index (χ1v) is 4.64. The molecule has 0 radical (unpaired) electrons. The maximum atomic E-state index is 11.3. The lowest BCUT2D eigenvalue weighted by molar-refractivity contribution is -0.487. The SMILES string of the molecule is CC(C)/[N+]([O-])=C/c1ccc(C(=O)O)cc1. The van der Waals surface area contributed by atoms with E-state index in [1.54, 1.807) is 26.0 Å². The minimum Gasteiger partial charge on any atom is -0.624 e. The van der Waals surface area contributed by atoms with Crippen molar-refractivity contribution in [2.24, 2.45) is 0 Å². The van der Waals surface area contributed by atoms with Gasteiger partial charge in [-0.1, -0.05) is 0 Å². The first-order valence-electron chi connectivity index (χ1n) is 4.64. The summed E-state index contributed by atoms with van der Waals surface area (Å²) in [6.45, 7) is 3.57. The van der Waals surface area contributed by atoms with E-state index in [1.165, 1.54) is 18.3 Å². The van der Waals surface area contributed by atoms with Crippen molar-refractivity contribution in [2.45, 2.75) is 19.9 Å². The summed E-state index contributed by atoms with van der Waals surface area (Å²) in [7, 11) is 0. The Morgan fingerprint density at radius 3 is 2.33 bits per heavy atom. The number of rotatable bonds is 3. The summed E-state index contributed by atoms with van der Waals surface area (Å²) in [5.41, 5.74) is 0.915. The topological polar surface area (TPSA) is 63.4 Å². The first-order chi connectivity index (χ1) is 7.00. The molecule has 0 aliphatic heterocycles. The number of carboxylic acids is 1. The Kier molecular flexibility index (Phi) is 3.44. The van der Waals surface area contributed by atoms with Gasteiger partial charge in [0, 0.05) is 5.56 Å². The van der Waals surface area contributed by atoms with Crippen LogP contribution < -0.4 is 0 Å². The standard InChI is InChI=1S/C11H13NO3/c1-8(2)12(15)7-9-3-5-10(6-4-9)11(13)14/h3-8H,1-2H3,(H,13,14)/b12-7-. The van der Waals surface area contributed by atoms with Crippen LogP contribution in [0.3, 0.4) is 0 Å². The van der Waals surface area contributed by atoms with Crippen LogP contribution in [0.5, 0.6) is 0 Å². The maximum Gasteiger partial charge on any atom is 0.335 e. The highest BCUT2D eigenvalue weighted by atomic mass is 16.5. The maximum absolute atomic E-state index is 11.3. The lowest BCUT2D eigenvalue weighted by Crippen LogP contribution is -2.14. The fourth-order valence-corrected chi connectivity index (χ4v) is 1.01. The van der Waals surface area contributed by atoms with E-state index in [-0.39, 0.29) is 11.6 Å². The smallest absolute Gasteiger partial charge is 0.335 e. The molecule has 80 valence electrons. The van der Waals surface area contributed by atoms with Gasteiger partial charge in [-0.3, -0.25) is 0 Å². The lowest BCUT2D eigenvalue weighted by Gasteiger charge is -2.06. The van der Waals surface area contributed by atoms with E-state index in [9.17, 15) is 10.0 Å². The molecule has 0 amide bonds. The number of carboxylic acid groups (broad SMARTS) is 1. The minimum absolute atomic E-state index is 0.121. The lowest BCUT2D eigenvalue weighted by atomic mass is 10.1. The molecule has 4 heteroatoms. The second-order valence-electron chi connectivity index (χ2n) is 3.51. The van der Waals surface area contributed by atoms with Crippen LogP contribution in [0.2, 0.25) is 0 Å². The molecular formula is C11H13NO3. The number of hydrogen-bond acceptors (Lipinski definition) is 2. The van der Waals surface area contributed by atoms with Crippen LogP contribution in [0, 0.1) is 5.21 Å². The molecule has 0 saturated heterocycles. The average molecular weight is 207 g/mol. The van der Waals surface area contributed by atoms with Gasteiger partial charge in [0.15, 0.2) is 12.3 Å². The number of carbonyl (C=O) groups is 1. The summed E-state index contributed by atoms with van der Waals surface area (Å²) < 4.78 is 0.829. The van der Waals surface area contributed by atoms with Crippen LogP contribution in [0.1, 0.15) is 29.8 Å². The number of hydroxylamine groups is 1. The van der Waals surface area contributed by atoms with Crippen molar-refractivity contribution < 1.29 is 14.6 Å². The number of benzene rings is 1. The highest BCUT2D eigenvalue weighted by Crippen LogP contribution is 2.02. The zero-order chi connectivity index (χ0) is 11.4. The predicted molar refractivity (Wildman–Crippen MR) is 57.3 cm³/mol. The Morgan fingerprint density at radius 1 is 1.40 bits per heavy atom. The normalized spacial score (nSPS) is 11.8. The molecule has 0 bridgehead atoms. The highest BCUT2D eigenvalue weighted by Gasteiger charge is 2.03. The van der Waals surface area contributed by atoms with Crippen molar-refractivity contribution >= 4 is 12.2 Å². The fourth-order valence-electron chi connectivity index (χ4n) is 1.01. The van der Waals surface area contributed by atoms with Crippen LogP contribution in [-0.2, 0) is 0 Å². The van der Waals surface area contributed by atoms with Crippen LogP contribution in [0.25, 0.3) is 0 Å². The molecule has 0 fully saturated rings. The van der Waals surface area contributed by atoms with Gasteiger partial charge in [0.05, 0.1) is 5.56 Å². The third kappa shape index (κ3) is 3.09. The summed E-state index contributed by atoms with van der Waals surface area (Å²) in [5, 5.41) is 19.9. The summed E-state index contributed by atoms with van der Waals surface area (Å²) in [6.07, 6.45) is 1.44. The molecule has 0 saturated carbocycles. The Labute approximate surface area is 88.1 Å². The van der Waals surface area contributed by atoms with Crippen molar-refractivity contribution in [1.82, 2.24) is 0 Å². The number of hydrogen-bond donors (Lipinski definition) is 1. The second-order valence-corrected chi connectivity index (χ2v) is 3.51. The van der Waals surface area contributed by atoms with Crippen molar-refractivity contribution in [2.75, 3.05) is 0 Å². The third-order valence-electron chi connectivity index (χ3n) is 1.94. The van der Waals surface area contributed by atoms with Gasteiger partial charge in [0.25, 0.3) is 0 Å². The largest absolute Gasteiger partial charge is 0.624 e. The predicted octanol–water partition coefficient (Wildman–Crippen LogP) is 1.72. The van der Waals surface area contributed by atoms with E-state index in [1.807, 2.05) is 0 Å². The van der Waals surface area contributed by atoms with Crippen molar-refractivity contribution in [1.29, 1.82) is 0 Å². The molecule has 0 aromatic heterocycles. The van der Waals surface area contributed by atoms with E-state index in [0.717, 1.165) is 4.74 Å². The molecule has 1 aromatic rings. The zero-order valence-corrected chi connectivity index (χ0v) is 8.68. The third-order valence-corrected chi connectivity index (χ3v) is 1.94. The molecule has 1 rings (SSSR count). The molecule has 0 heterocycles. The van der Waals surface area contributed by atoms with Crippen LogP contribution in [0.4, 0.5) is 0 Å². The first kappa shape index (κ1) is 11.2. The molecule has 0 unspecified atom stereocenters. The molecule has 0 atom stereocenters. The molecule has 1 aromatic carbocycles. The number of nitrogens with zero attached hydrogens (tertiary/aromatic N) is 1. The van der Waals surface area contributed by atoms with E-state index in [2.05, 4.69) is 0 Å². The summed E-state index contributed by atoms with van der Waals surface area (Å²) in [4.78, 5) is 10.6. The van der Waals surface area contributed by atoms with Crippen molar-refractivity contribution in [3.8, 4) is 0 Å². The Hall–Kier alpha value is -1.84. The highest BCUT2D eigenvalue weighted by molar-refractivity contribution is 5.88. The van der Waals surface area contributed by atoms with Gasteiger partial charge in [-0.05, 0) is 38.1 Å². The molecule has 1 N–H and O–H groups in total. The van der Waals surface area contributed by atoms with Gasteiger partial charge in [0.2, 0.25) is 0 Å². The molecule has 0 aliphatic carbocycles. The van der Waals surface area contributed by atoms with Gasteiger partial charge in [-0.2, -0.15) is 0 Å². The Balaban J connectivity index is 2.90. The molecule has 4 nitrogen and oxygen atoms in total. The zero-order valence-electron chi connectivity index (χ0n) is 8.68. The van der Waals surface area contributed by atoms with Crippen LogP contribution in [-0.4, -0.2) is 28.1 Å². The van der Waals surface area contributed by atoms with E-state index >= 15 is 0 Å². The van der Waals surface area contributed by atoms with E-state index in [0.29, 0.717) is 5.56 Å². The number of aromatic carboxylic acids is 1. The molecule has 15 heavy (non-hydrogen) atoms. The van der Waals surface area contributed by atoms with Gasteiger partial charge in [0.1, 0.15) is 0 Å². The van der Waals surface area contributed by atoms with Crippen LogP contribution in [0.15, 0.2) is 24.3 Å². The Morgan fingerprint density at radius 2 is 1.93 bits per heavy atom. The Bertz CT molecular complexity index is 379. The van der Waals surface area contributed by atoms with Gasteiger partial charge >= 0.3 is 5.97 Å². The van der Waals surface area contributed by atoms with E-state index in [4.69, 9.17) is 5.11 Å². The van der Waals surface area contributed by atoms with Crippen molar-refractivity contribution in [3.05, 3.63) is 40.6 Å². The van der Waals surface area contributed by atoms with Gasteiger partial charge < -0.3 is 10.3 Å². The minimum atomic E-state index is -0.968. The second kappa shape index (κ2) is 4.59. The average Bonchev–Trinajstić information content (AvgIpc) is 2.18. The van der Waals surface area contributed by atoms with E-state index < -0.39 is 5.97 Å². The summed E-state index contributed by atoms with van der Waals surface area (Å²) in [6, 6.07) is 6.04. The molecule has 0 aliphatic rings. The molecule has 0 spiro atoms. The fraction of sp³-hybridized carbons (Fsp3) is 0.273. The summed E-state index contributed by atoms with van der Waals surface area (Å²) in [5.74, 6) is -0.968. The summed E-state index contributed by atoms with van der Waals surface area (Å²) >= 11 is 0. The van der Waals surface area contributed by atoms with Crippen LogP contribution >= 0.6 is 0 Å². The monoisotopic (exact) mass is 207 g/mol. The van der Waals surface area contributed by atoms with Gasteiger partial charge in [-0.15, -0.1) is 0 Å².